The van der Waals surface area contributed by atoms with Crippen LogP contribution in [-0.4, -0.2) is 21.4 Å². The predicted octanol–water partition coefficient (Wildman–Crippen LogP) is 3.60. The van der Waals surface area contributed by atoms with E-state index in [0.717, 1.165) is 17.7 Å². The van der Waals surface area contributed by atoms with Gasteiger partial charge in [0.15, 0.2) is 0 Å². The van der Waals surface area contributed by atoms with Crippen molar-refractivity contribution in [1.82, 2.24) is 4.72 Å². The molecule has 0 aliphatic carbocycles. The zero-order valence-electron chi connectivity index (χ0n) is 13.9. The maximum Gasteiger partial charge on any atom is 0.573 e. The second kappa shape index (κ2) is 8.52. The number of para-hydroxylation sites is 1. The van der Waals surface area contributed by atoms with Crippen LogP contribution >= 0.6 is 0 Å². The maximum absolute atomic E-state index is 12.5. The summed E-state index contributed by atoms with van der Waals surface area (Å²) in [5.74, 6) is -0.782. The van der Waals surface area contributed by atoms with Crippen LogP contribution in [0, 0.1) is 0 Å². The summed E-state index contributed by atoms with van der Waals surface area (Å²) in [5, 5.41) is 0. The molecule has 0 aromatic heterocycles. The van der Waals surface area contributed by atoms with Crippen molar-refractivity contribution >= 4 is 10.0 Å². The van der Waals surface area contributed by atoms with Gasteiger partial charge >= 0.3 is 6.36 Å². The number of hydrogen-bond donors (Lipinski definition) is 1. The number of rotatable bonds is 8. The first-order chi connectivity index (χ1) is 12.2. The van der Waals surface area contributed by atoms with E-state index in [-0.39, 0.29) is 6.54 Å². The van der Waals surface area contributed by atoms with Gasteiger partial charge in [0.05, 0.1) is 6.61 Å². The molecule has 0 saturated carbocycles. The molecule has 26 heavy (non-hydrogen) atoms. The van der Waals surface area contributed by atoms with Gasteiger partial charge in [-0.3, -0.25) is 0 Å². The van der Waals surface area contributed by atoms with Crippen LogP contribution in [0.25, 0.3) is 0 Å². The first-order valence-corrected chi connectivity index (χ1v) is 9.20. The third-order valence-electron chi connectivity index (χ3n) is 3.40. The molecule has 0 spiro atoms. The van der Waals surface area contributed by atoms with Gasteiger partial charge in [-0.15, -0.1) is 13.2 Å². The minimum Gasteiger partial charge on any atom is -0.404 e. The fourth-order valence-corrected chi connectivity index (χ4v) is 3.35. The molecule has 2 aromatic rings. The van der Waals surface area contributed by atoms with Gasteiger partial charge < -0.3 is 9.47 Å². The highest BCUT2D eigenvalue weighted by Crippen LogP contribution is 2.29. The highest BCUT2D eigenvalue weighted by molar-refractivity contribution is 7.89. The van der Waals surface area contributed by atoms with Crippen molar-refractivity contribution in [3.8, 4) is 5.75 Å². The van der Waals surface area contributed by atoms with E-state index in [9.17, 15) is 21.6 Å². The van der Waals surface area contributed by atoms with Gasteiger partial charge in [0, 0.05) is 13.2 Å². The van der Waals surface area contributed by atoms with Crippen molar-refractivity contribution in [2.45, 2.75) is 31.3 Å². The van der Waals surface area contributed by atoms with Gasteiger partial charge in [-0.25, -0.2) is 13.1 Å². The molecule has 142 valence electrons. The molecular formula is C17H18F3NO4S. The van der Waals surface area contributed by atoms with Crippen LogP contribution in [0.4, 0.5) is 13.2 Å². The smallest absolute Gasteiger partial charge is 0.404 e. The Labute approximate surface area is 149 Å². The molecule has 9 heteroatoms. The number of halogens is 3. The average Bonchev–Trinajstić information content (AvgIpc) is 2.58. The summed E-state index contributed by atoms with van der Waals surface area (Å²) in [6.45, 7) is 2.55. The molecule has 0 unspecified atom stereocenters. The minimum atomic E-state index is -4.99. The Morgan fingerprint density at radius 2 is 1.62 bits per heavy atom. The van der Waals surface area contributed by atoms with E-state index in [1.807, 2.05) is 6.92 Å². The van der Waals surface area contributed by atoms with E-state index in [0.29, 0.717) is 18.8 Å². The molecular weight excluding hydrogens is 371 g/mol. The Morgan fingerprint density at radius 3 is 2.27 bits per heavy atom. The number of alkyl halides is 3. The number of hydrogen-bond acceptors (Lipinski definition) is 4. The first kappa shape index (κ1) is 20.2. The van der Waals surface area contributed by atoms with E-state index in [1.54, 1.807) is 24.3 Å². The number of ether oxygens (including phenoxy) is 2. The molecule has 5 nitrogen and oxygen atoms in total. The lowest BCUT2D eigenvalue weighted by Gasteiger charge is -2.15. The average molecular weight is 389 g/mol. The van der Waals surface area contributed by atoms with Gasteiger partial charge in [-0.2, -0.15) is 0 Å². The fraction of sp³-hybridized carbons (Fsp3) is 0.294. The van der Waals surface area contributed by atoms with Gasteiger partial charge in [0.25, 0.3) is 0 Å². The third kappa shape index (κ3) is 5.72. The van der Waals surface area contributed by atoms with Crippen molar-refractivity contribution in [1.29, 1.82) is 0 Å². The topological polar surface area (TPSA) is 64.6 Å². The largest absolute Gasteiger partial charge is 0.573 e. The Morgan fingerprint density at radius 1 is 1.00 bits per heavy atom. The zero-order valence-corrected chi connectivity index (χ0v) is 14.7. The highest BCUT2D eigenvalue weighted by Gasteiger charge is 2.33. The first-order valence-electron chi connectivity index (χ1n) is 7.72. The van der Waals surface area contributed by atoms with Gasteiger partial charge in [-0.05, 0) is 30.2 Å². The number of nitrogens with one attached hydrogen (secondary N) is 1. The molecule has 0 amide bonds. The molecule has 0 fully saturated rings. The molecule has 0 aliphatic heterocycles. The SMILES string of the molecule is CCOCc1ccccc1CNS(=O)(=O)c1ccccc1OC(F)(F)F. The third-order valence-corrected chi connectivity index (χ3v) is 4.84. The van der Waals surface area contributed by atoms with Crippen LogP contribution < -0.4 is 9.46 Å². The summed E-state index contributed by atoms with van der Waals surface area (Å²) in [7, 11) is -4.21. The molecule has 0 heterocycles. The monoisotopic (exact) mass is 389 g/mol. The van der Waals surface area contributed by atoms with Gasteiger partial charge in [0.2, 0.25) is 10.0 Å². The summed E-state index contributed by atoms with van der Waals surface area (Å²) in [6.07, 6.45) is -4.99. The van der Waals surface area contributed by atoms with E-state index in [2.05, 4.69) is 9.46 Å². The lowest BCUT2D eigenvalue weighted by Crippen LogP contribution is -2.26. The Kier molecular flexibility index (Phi) is 6.63. The van der Waals surface area contributed by atoms with Crippen molar-refractivity contribution in [3.63, 3.8) is 0 Å². The van der Waals surface area contributed by atoms with Crippen LogP contribution in [0.15, 0.2) is 53.4 Å². The molecule has 1 N–H and O–H groups in total. The zero-order chi connectivity index (χ0) is 19.2. The molecule has 0 atom stereocenters. The predicted molar refractivity (Wildman–Crippen MR) is 88.9 cm³/mol. The number of sulfonamides is 1. The molecule has 2 rings (SSSR count). The lowest BCUT2D eigenvalue weighted by molar-refractivity contribution is -0.275. The van der Waals surface area contributed by atoms with Gasteiger partial charge in [-0.1, -0.05) is 36.4 Å². The lowest BCUT2D eigenvalue weighted by atomic mass is 10.1. The fourth-order valence-electron chi connectivity index (χ4n) is 2.21. The van der Waals surface area contributed by atoms with Crippen molar-refractivity contribution in [2.24, 2.45) is 0 Å². The molecule has 2 aromatic carbocycles. The second-order valence-corrected chi connectivity index (χ2v) is 6.96. The standard InChI is InChI=1S/C17H18F3NO4S/c1-2-24-12-14-8-4-3-7-13(14)11-21-26(22,23)16-10-6-5-9-15(16)25-17(18,19)20/h3-10,21H,2,11-12H2,1H3. The summed E-state index contributed by atoms with van der Waals surface area (Å²) in [5.41, 5.74) is 1.45. The van der Waals surface area contributed by atoms with E-state index in [4.69, 9.17) is 4.74 Å². The van der Waals surface area contributed by atoms with Crippen LogP contribution in [0.1, 0.15) is 18.1 Å². The van der Waals surface area contributed by atoms with E-state index in [1.165, 1.54) is 12.1 Å². The van der Waals surface area contributed by atoms with Gasteiger partial charge in [0.1, 0.15) is 10.6 Å². The summed E-state index contributed by atoms with van der Waals surface area (Å²) in [4.78, 5) is -0.584. The van der Waals surface area contributed by atoms with Crippen molar-refractivity contribution in [3.05, 3.63) is 59.7 Å². The minimum absolute atomic E-state index is 0.0913. The van der Waals surface area contributed by atoms with E-state index < -0.39 is 27.0 Å². The highest BCUT2D eigenvalue weighted by atomic mass is 32.2. The Hall–Kier alpha value is -2.10. The Balaban J connectivity index is 2.21. The van der Waals surface area contributed by atoms with Crippen molar-refractivity contribution < 1.29 is 31.1 Å². The Bertz CT molecular complexity index is 838. The normalized spacial score (nSPS) is 12.2. The van der Waals surface area contributed by atoms with E-state index >= 15 is 0 Å². The van der Waals surface area contributed by atoms with Crippen LogP contribution in [0.2, 0.25) is 0 Å². The van der Waals surface area contributed by atoms with Crippen molar-refractivity contribution in [2.75, 3.05) is 6.61 Å². The molecule has 0 bridgehead atoms. The summed E-state index contributed by atoms with van der Waals surface area (Å²) >= 11 is 0. The summed E-state index contributed by atoms with van der Waals surface area (Å²) < 4.78 is 73.8. The maximum atomic E-state index is 12.5. The molecule has 0 saturated heterocycles. The molecule has 0 radical (unpaired) electrons. The second-order valence-electron chi connectivity index (χ2n) is 5.22. The quantitative estimate of drug-likeness (QED) is 0.749. The van der Waals surface area contributed by atoms with Crippen LogP contribution in [0.3, 0.4) is 0 Å². The van der Waals surface area contributed by atoms with Crippen LogP contribution in [-0.2, 0) is 27.9 Å². The summed E-state index contributed by atoms with van der Waals surface area (Å²) in [6, 6.07) is 11.6. The van der Waals surface area contributed by atoms with Crippen LogP contribution in [0.5, 0.6) is 5.75 Å². The number of benzene rings is 2. The molecule has 0 aliphatic rings.